The molecule has 1 aliphatic carbocycles. The maximum atomic E-state index is 13.4. The number of Topliss-reactive ketones (excluding diaryl/α,β-unsaturated/α-hetero) is 1. The molecule has 2 atom stereocenters. The second-order valence-electron chi connectivity index (χ2n) is 7.90. The number of ketones is 1. The van der Waals surface area contributed by atoms with E-state index in [1.165, 1.54) is 42.5 Å². The summed E-state index contributed by atoms with van der Waals surface area (Å²) in [6.45, 7) is -0.528. The van der Waals surface area contributed by atoms with E-state index >= 15 is 0 Å². The Hall–Kier alpha value is -2.41. The molecule has 1 saturated heterocycles. The highest BCUT2D eigenvalue weighted by Gasteiger charge is 2.51. The van der Waals surface area contributed by atoms with E-state index in [2.05, 4.69) is 0 Å². The molecule has 3 amide bonds. The summed E-state index contributed by atoms with van der Waals surface area (Å²) in [6, 6.07) is 10.4. The Bertz CT molecular complexity index is 1080. The number of rotatable bonds is 5. The van der Waals surface area contributed by atoms with Crippen LogP contribution in [0.3, 0.4) is 0 Å². The van der Waals surface area contributed by atoms with E-state index in [4.69, 9.17) is 34.8 Å². The molecule has 6 nitrogen and oxygen atoms in total. The summed E-state index contributed by atoms with van der Waals surface area (Å²) in [7, 11) is 0. The van der Waals surface area contributed by atoms with Crippen molar-refractivity contribution in [3.8, 4) is 0 Å². The standard InChI is InChI=1S/C23H19Cl3N2O4/c24-14-7-5-13(6-8-14)21(30)27(12-20(29)18-10-9-15(25)11-19(18)26)28-22(31)16-3-1-2-4-17(16)23(28)32/h5-11,16-17H,1-4,12H2/t16-,17-/m0/s1. The van der Waals surface area contributed by atoms with Crippen molar-refractivity contribution in [3.63, 3.8) is 0 Å². The van der Waals surface area contributed by atoms with Crippen LogP contribution in [0.4, 0.5) is 0 Å². The van der Waals surface area contributed by atoms with Gasteiger partial charge in [0.2, 0.25) is 0 Å². The molecule has 0 bridgehead atoms. The van der Waals surface area contributed by atoms with Crippen molar-refractivity contribution < 1.29 is 19.2 Å². The maximum Gasteiger partial charge on any atom is 0.273 e. The topological polar surface area (TPSA) is 74.8 Å². The van der Waals surface area contributed by atoms with Crippen LogP contribution in [0, 0.1) is 11.8 Å². The van der Waals surface area contributed by atoms with Crippen molar-refractivity contribution in [2.75, 3.05) is 6.54 Å². The number of carbonyl (C=O) groups excluding carboxylic acids is 4. The number of halogens is 3. The molecular formula is C23H19Cl3N2O4. The van der Waals surface area contributed by atoms with Crippen molar-refractivity contribution in [2.45, 2.75) is 25.7 Å². The van der Waals surface area contributed by atoms with Gasteiger partial charge in [0, 0.05) is 21.2 Å². The van der Waals surface area contributed by atoms with Crippen LogP contribution in [0.25, 0.3) is 0 Å². The van der Waals surface area contributed by atoms with Crippen LogP contribution in [0.15, 0.2) is 42.5 Å². The Morgan fingerprint density at radius 2 is 1.44 bits per heavy atom. The van der Waals surface area contributed by atoms with Crippen molar-refractivity contribution in [3.05, 3.63) is 68.7 Å². The largest absolute Gasteiger partial charge is 0.292 e. The zero-order valence-electron chi connectivity index (χ0n) is 16.9. The summed E-state index contributed by atoms with van der Waals surface area (Å²) in [4.78, 5) is 52.7. The molecule has 0 radical (unpaired) electrons. The summed E-state index contributed by atoms with van der Waals surface area (Å²) in [5.74, 6) is -3.00. The fourth-order valence-electron chi connectivity index (χ4n) is 4.29. The average Bonchev–Trinajstić information content (AvgIpc) is 3.02. The van der Waals surface area contributed by atoms with Crippen LogP contribution in [0.1, 0.15) is 46.4 Å². The lowest BCUT2D eigenvalue weighted by Gasteiger charge is -2.30. The molecule has 2 fully saturated rings. The fourth-order valence-corrected chi connectivity index (χ4v) is 4.93. The monoisotopic (exact) mass is 492 g/mol. The molecule has 0 spiro atoms. The summed E-state index contributed by atoms with van der Waals surface area (Å²) in [6.07, 6.45) is 2.87. The van der Waals surface area contributed by atoms with E-state index in [0.717, 1.165) is 22.9 Å². The molecule has 166 valence electrons. The van der Waals surface area contributed by atoms with Gasteiger partial charge in [-0.25, -0.2) is 5.01 Å². The first-order valence-electron chi connectivity index (χ1n) is 10.2. The quantitative estimate of drug-likeness (QED) is 0.431. The zero-order chi connectivity index (χ0) is 23.0. The summed E-state index contributed by atoms with van der Waals surface area (Å²) in [5, 5.41) is 2.69. The first-order valence-corrected chi connectivity index (χ1v) is 11.3. The third-order valence-corrected chi connectivity index (χ3v) is 6.71. The van der Waals surface area contributed by atoms with Gasteiger partial charge in [0.15, 0.2) is 5.78 Å². The van der Waals surface area contributed by atoms with Gasteiger partial charge >= 0.3 is 0 Å². The number of fused-ring (bicyclic) bond motifs is 1. The van der Waals surface area contributed by atoms with Crippen LogP contribution in [-0.4, -0.2) is 40.1 Å². The van der Waals surface area contributed by atoms with Gasteiger partial charge in [-0.2, -0.15) is 5.01 Å². The number of hydrogen-bond donors (Lipinski definition) is 0. The van der Waals surface area contributed by atoms with Crippen LogP contribution >= 0.6 is 34.8 Å². The predicted octanol–water partition coefficient (Wildman–Crippen LogP) is 5.06. The SMILES string of the molecule is O=C(CN(C(=O)c1ccc(Cl)cc1)N1C(=O)[C@H]2CCCC[C@@H]2C1=O)c1ccc(Cl)cc1Cl. The second-order valence-corrected chi connectivity index (χ2v) is 9.18. The molecular weight excluding hydrogens is 475 g/mol. The van der Waals surface area contributed by atoms with Crippen molar-refractivity contribution in [2.24, 2.45) is 11.8 Å². The first-order chi connectivity index (χ1) is 15.3. The Morgan fingerprint density at radius 3 is 2.00 bits per heavy atom. The van der Waals surface area contributed by atoms with Gasteiger partial charge in [-0.05, 0) is 55.3 Å². The lowest BCUT2D eigenvalue weighted by molar-refractivity contribution is -0.154. The summed E-state index contributed by atoms with van der Waals surface area (Å²) in [5.41, 5.74) is 0.335. The van der Waals surface area contributed by atoms with E-state index in [1.807, 2.05) is 0 Å². The molecule has 2 aromatic carbocycles. The number of hydrazine groups is 1. The van der Waals surface area contributed by atoms with Gasteiger partial charge in [-0.3, -0.25) is 19.2 Å². The molecule has 0 N–H and O–H groups in total. The van der Waals surface area contributed by atoms with Crippen LogP contribution in [0.2, 0.25) is 15.1 Å². The number of amides is 3. The lowest BCUT2D eigenvalue weighted by atomic mass is 9.81. The normalized spacial score (nSPS) is 20.3. The van der Waals surface area contributed by atoms with E-state index in [1.54, 1.807) is 0 Å². The van der Waals surface area contributed by atoms with Crippen LogP contribution in [-0.2, 0) is 9.59 Å². The summed E-state index contributed by atoms with van der Waals surface area (Å²) >= 11 is 18.0. The molecule has 0 aromatic heterocycles. The van der Waals surface area contributed by atoms with E-state index in [-0.39, 0.29) is 16.1 Å². The number of nitrogens with zero attached hydrogens (tertiary/aromatic N) is 2. The maximum absolute atomic E-state index is 13.4. The lowest BCUT2D eigenvalue weighted by Crippen LogP contribution is -2.52. The Kier molecular flexibility index (Phi) is 6.56. The number of benzene rings is 2. The van der Waals surface area contributed by atoms with Gasteiger partial charge in [-0.1, -0.05) is 47.6 Å². The number of carbonyl (C=O) groups is 4. The minimum absolute atomic E-state index is 0.120. The molecule has 1 saturated carbocycles. The third kappa shape index (κ3) is 4.27. The van der Waals surface area contributed by atoms with Gasteiger partial charge in [0.25, 0.3) is 17.7 Å². The van der Waals surface area contributed by atoms with E-state index < -0.39 is 41.9 Å². The van der Waals surface area contributed by atoms with E-state index in [9.17, 15) is 19.2 Å². The molecule has 2 aromatic rings. The Balaban J connectivity index is 1.70. The van der Waals surface area contributed by atoms with Crippen molar-refractivity contribution in [1.82, 2.24) is 10.0 Å². The minimum Gasteiger partial charge on any atom is -0.292 e. The predicted molar refractivity (Wildman–Crippen MR) is 121 cm³/mol. The molecule has 2 aliphatic rings. The fraction of sp³-hybridized carbons (Fsp3) is 0.304. The number of imide groups is 1. The van der Waals surface area contributed by atoms with E-state index in [0.29, 0.717) is 22.9 Å². The van der Waals surface area contributed by atoms with Gasteiger partial charge < -0.3 is 0 Å². The highest BCUT2D eigenvalue weighted by atomic mass is 35.5. The minimum atomic E-state index is -0.652. The highest BCUT2D eigenvalue weighted by Crippen LogP contribution is 2.39. The highest BCUT2D eigenvalue weighted by molar-refractivity contribution is 6.37. The molecule has 4 rings (SSSR count). The zero-order valence-corrected chi connectivity index (χ0v) is 19.2. The Labute approximate surface area is 200 Å². The second kappa shape index (κ2) is 9.22. The third-order valence-electron chi connectivity index (χ3n) is 5.91. The van der Waals surface area contributed by atoms with Crippen molar-refractivity contribution in [1.29, 1.82) is 0 Å². The molecule has 0 unspecified atom stereocenters. The van der Waals surface area contributed by atoms with Gasteiger partial charge in [-0.15, -0.1) is 0 Å². The number of hydrogen-bond acceptors (Lipinski definition) is 4. The van der Waals surface area contributed by atoms with Crippen LogP contribution < -0.4 is 0 Å². The van der Waals surface area contributed by atoms with Crippen LogP contribution in [0.5, 0.6) is 0 Å². The average molecular weight is 494 g/mol. The first kappa shape index (κ1) is 22.8. The Morgan fingerprint density at radius 1 is 0.875 bits per heavy atom. The molecule has 1 aliphatic heterocycles. The smallest absolute Gasteiger partial charge is 0.273 e. The summed E-state index contributed by atoms with van der Waals surface area (Å²) < 4.78 is 0. The van der Waals surface area contributed by atoms with Gasteiger partial charge in [0.1, 0.15) is 6.54 Å². The molecule has 1 heterocycles. The van der Waals surface area contributed by atoms with Gasteiger partial charge in [0.05, 0.1) is 16.9 Å². The van der Waals surface area contributed by atoms with Crippen molar-refractivity contribution >= 4 is 58.3 Å². The molecule has 32 heavy (non-hydrogen) atoms. The molecule has 9 heteroatoms.